The molecule has 39 heavy (non-hydrogen) atoms. The molecule has 2 saturated carbocycles. The molecule has 4 aliphatic rings. The van der Waals surface area contributed by atoms with Gasteiger partial charge in [-0.05, 0) is 77.5 Å². The molecule has 1 saturated heterocycles. The molecule has 11 heteroatoms. The van der Waals surface area contributed by atoms with Gasteiger partial charge >= 0.3 is 24.4 Å². The molecule has 1 aromatic carbocycles. The molecule has 2 aliphatic carbocycles. The molecule has 0 unspecified atom stereocenters. The molecule has 7 rings (SSSR count). The first-order valence-electron chi connectivity index (χ1n) is 13.3. The smallest absolute Gasteiger partial charge is 0.298 e. The highest BCUT2D eigenvalue weighted by molar-refractivity contribution is 5.58. The molecule has 0 N–H and O–H groups in total. The zero-order chi connectivity index (χ0) is 27.1. The zero-order valence-electron chi connectivity index (χ0n) is 21.5. The van der Waals surface area contributed by atoms with Gasteiger partial charge in [0.1, 0.15) is 5.82 Å². The fourth-order valence-corrected chi connectivity index (χ4v) is 6.40. The Morgan fingerprint density at radius 1 is 1.13 bits per heavy atom. The lowest BCUT2D eigenvalue weighted by Crippen LogP contribution is -2.47. The molecule has 3 fully saturated rings. The summed E-state index contributed by atoms with van der Waals surface area (Å²) in [5, 5.41) is 8.25. The van der Waals surface area contributed by atoms with Gasteiger partial charge in [-0.1, -0.05) is 6.42 Å². The van der Waals surface area contributed by atoms with Crippen LogP contribution in [0.15, 0.2) is 51.7 Å². The van der Waals surface area contributed by atoms with E-state index in [0.29, 0.717) is 29.3 Å². The molecular formula is C28H28F4N6O+. The first-order valence-corrected chi connectivity index (χ1v) is 13.3. The lowest BCUT2D eigenvalue weighted by atomic mass is 9.71. The van der Waals surface area contributed by atoms with Crippen molar-refractivity contribution in [3.8, 4) is 5.69 Å². The molecule has 0 bridgehead atoms. The van der Waals surface area contributed by atoms with Crippen molar-refractivity contribution < 1.29 is 22.1 Å². The quantitative estimate of drug-likeness (QED) is 0.313. The van der Waals surface area contributed by atoms with E-state index in [0.717, 1.165) is 53.6 Å². The summed E-state index contributed by atoms with van der Waals surface area (Å²) >= 11 is 0. The fourth-order valence-electron chi connectivity index (χ4n) is 6.40. The molecule has 1 atom stereocenters. The predicted molar refractivity (Wildman–Crippen MR) is 135 cm³/mol. The molecule has 2 aromatic heterocycles. The van der Waals surface area contributed by atoms with Crippen molar-refractivity contribution in [2.75, 3.05) is 20.1 Å². The second kappa shape index (κ2) is 8.58. The van der Waals surface area contributed by atoms with Gasteiger partial charge in [0.25, 0.3) is 0 Å². The third-order valence-corrected chi connectivity index (χ3v) is 8.80. The maximum atomic E-state index is 15.0. The summed E-state index contributed by atoms with van der Waals surface area (Å²) in [6.07, 6.45) is 5.59. The number of likely N-dealkylation sites (tertiary alicyclic amines) is 1. The van der Waals surface area contributed by atoms with Crippen molar-refractivity contribution in [2.24, 2.45) is 21.6 Å². The minimum atomic E-state index is -4.65. The van der Waals surface area contributed by atoms with Crippen LogP contribution in [0.3, 0.4) is 0 Å². The van der Waals surface area contributed by atoms with Crippen molar-refractivity contribution in [3.63, 3.8) is 0 Å². The molecular weight excluding hydrogens is 512 g/mol. The van der Waals surface area contributed by atoms with Crippen molar-refractivity contribution >= 4 is 11.9 Å². The molecule has 1 spiro atoms. The normalized spacial score (nSPS) is 21.8. The van der Waals surface area contributed by atoms with Gasteiger partial charge in [0, 0.05) is 32.0 Å². The van der Waals surface area contributed by atoms with Crippen molar-refractivity contribution in [1.82, 2.24) is 13.9 Å². The van der Waals surface area contributed by atoms with E-state index >= 15 is 4.39 Å². The maximum absolute atomic E-state index is 15.0. The number of nitrogens with zero attached hydrogens (tertiary/aromatic N) is 6. The second-order valence-corrected chi connectivity index (χ2v) is 11.7. The van der Waals surface area contributed by atoms with Crippen LogP contribution in [0.1, 0.15) is 54.7 Å². The van der Waals surface area contributed by atoms with Crippen molar-refractivity contribution in [3.05, 3.63) is 75.8 Å². The Labute approximate surface area is 222 Å². The molecule has 203 valence electrons. The van der Waals surface area contributed by atoms with E-state index in [-0.39, 0.29) is 23.0 Å². The van der Waals surface area contributed by atoms with Gasteiger partial charge in [0.05, 0.1) is 34.8 Å². The Balaban J connectivity index is 1.31. The molecule has 7 nitrogen and oxygen atoms in total. The van der Waals surface area contributed by atoms with Gasteiger partial charge in [-0.25, -0.2) is 13.8 Å². The first kappa shape index (κ1) is 24.7. The molecule has 0 amide bonds. The van der Waals surface area contributed by atoms with E-state index in [1.54, 1.807) is 17.0 Å². The highest BCUT2D eigenvalue weighted by Gasteiger charge is 2.52. The summed E-state index contributed by atoms with van der Waals surface area (Å²) in [5.74, 6) is -0.570. The number of rotatable bonds is 6. The highest BCUT2D eigenvalue weighted by atomic mass is 19.4. The third-order valence-electron chi connectivity index (χ3n) is 8.80. The van der Waals surface area contributed by atoms with Crippen molar-refractivity contribution in [1.29, 1.82) is 0 Å². The van der Waals surface area contributed by atoms with Gasteiger partial charge in [0.2, 0.25) is 0 Å². The lowest BCUT2D eigenvalue weighted by molar-refractivity contribution is -0.480. The number of imidazole rings is 1. The summed E-state index contributed by atoms with van der Waals surface area (Å²) < 4.78 is 61.5. The van der Waals surface area contributed by atoms with Crippen LogP contribution in [-0.2, 0) is 12.7 Å². The third kappa shape index (κ3) is 4.21. The Morgan fingerprint density at radius 2 is 1.90 bits per heavy atom. The van der Waals surface area contributed by atoms with E-state index < -0.39 is 23.2 Å². The highest BCUT2D eigenvalue weighted by Crippen LogP contribution is 2.53. The Morgan fingerprint density at radius 3 is 2.51 bits per heavy atom. The number of halogens is 4. The minimum Gasteiger partial charge on any atom is -0.298 e. The van der Waals surface area contributed by atoms with Crippen LogP contribution >= 0.6 is 0 Å². The van der Waals surface area contributed by atoms with E-state index in [1.165, 1.54) is 31.2 Å². The van der Waals surface area contributed by atoms with Gasteiger partial charge in [0.15, 0.2) is 0 Å². The van der Waals surface area contributed by atoms with Crippen LogP contribution in [-0.4, -0.2) is 44.9 Å². The summed E-state index contributed by atoms with van der Waals surface area (Å²) in [6, 6.07) is 5.42. The summed E-state index contributed by atoms with van der Waals surface area (Å²) in [6.45, 7) is 2.10. The van der Waals surface area contributed by atoms with Crippen LogP contribution in [0.5, 0.6) is 0 Å². The first-order chi connectivity index (χ1) is 18.6. The largest absolute Gasteiger partial charge is 0.418 e. The van der Waals surface area contributed by atoms with E-state index in [4.69, 9.17) is 0 Å². The fraction of sp³-hybridized carbons (Fsp3) is 0.464. The van der Waals surface area contributed by atoms with Crippen LogP contribution in [0.4, 0.5) is 17.6 Å². The molecule has 3 aromatic rings. The number of alkyl halides is 3. The number of likely N-dealkylation sites (N-methyl/N-ethyl adjacent to an activating group) is 1. The van der Waals surface area contributed by atoms with Crippen molar-refractivity contribution in [2.45, 2.75) is 50.7 Å². The predicted octanol–water partition coefficient (Wildman–Crippen LogP) is 5.35. The number of pyridine rings is 1. The standard InChI is InChI=1S/C28H28F4N6O/c1-35-16-33-34-25(35)24(18-3-2-4-18)19-8-20(29)10-21(9-19)37-13-23-22(28(30,31)32)7-17(12-38(23)26(37)39)11-36-14-27(15-36)5-6-27/h7-10,12-13,16,18,24H,2-6,11,14-15H2,1H3/q+1/t24-/m1/s1. The Kier molecular flexibility index (Phi) is 5.43. The van der Waals surface area contributed by atoms with Crippen LogP contribution < -0.4 is 5.69 Å². The number of hydrogen-bond acceptors (Lipinski definition) is 4. The Hall–Kier alpha value is -3.34. The topological polar surface area (TPSA) is 57.4 Å². The van der Waals surface area contributed by atoms with Crippen LogP contribution in [0.2, 0.25) is 0 Å². The van der Waals surface area contributed by atoms with Gasteiger partial charge < -0.3 is 0 Å². The zero-order valence-corrected chi connectivity index (χ0v) is 21.5. The molecule has 1 radical (unpaired) electrons. The summed E-state index contributed by atoms with van der Waals surface area (Å²) in [5.41, 5.74) is -0.204. The summed E-state index contributed by atoms with van der Waals surface area (Å²) in [4.78, 5) is 15.6. The molecule has 4 heterocycles. The van der Waals surface area contributed by atoms with Crippen LogP contribution in [0, 0.1) is 23.3 Å². The minimum absolute atomic E-state index is 0.179. The average molecular weight is 541 g/mol. The Bertz CT molecular complexity index is 1590. The maximum Gasteiger partial charge on any atom is 0.418 e. The van der Waals surface area contributed by atoms with E-state index in [2.05, 4.69) is 15.1 Å². The number of fused-ring (bicyclic) bond motifs is 1. The number of benzene rings is 1. The van der Waals surface area contributed by atoms with E-state index in [9.17, 15) is 18.0 Å². The number of aromatic nitrogens is 2. The average Bonchev–Trinajstić information content (AvgIpc) is 3.40. The van der Waals surface area contributed by atoms with Gasteiger partial charge in [-0.3, -0.25) is 13.9 Å². The van der Waals surface area contributed by atoms with Gasteiger partial charge in [-0.2, -0.15) is 13.2 Å². The number of hydrogen-bond donors (Lipinski definition) is 0. The number of azo groups is 1. The molecule has 2 aliphatic heterocycles. The van der Waals surface area contributed by atoms with E-state index in [1.807, 2.05) is 7.05 Å². The van der Waals surface area contributed by atoms with Gasteiger partial charge in [-0.15, -0.1) is 0 Å². The monoisotopic (exact) mass is 540 g/mol. The summed E-state index contributed by atoms with van der Waals surface area (Å²) in [7, 11) is 1.83. The SMILES string of the molecule is C[N+]1=CN=N[C]1[C@@H](c1cc(F)cc(-n2cc3c(C(F)(F)F)cc(CN4CC5(CC5)C4)cn3c2=O)c1)C1CCC1. The van der Waals surface area contributed by atoms with Crippen LogP contribution in [0.25, 0.3) is 11.2 Å². The lowest BCUT2D eigenvalue weighted by Gasteiger charge is -2.40. The second-order valence-electron chi connectivity index (χ2n) is 11.7.